The standard InChI is InChI=1S/C16H16Cl3NO2.C15H16ClNO.C15H11F6NO.C14H12Cl3NO.C13H11ClFNS.C13H12ClNS/c1-3-21-10-20(2)14-6-4-12(18)9-16(14)22-15-7-5-11(17)8-13(15)19;1-3-11-6-4-5-7-14(11)18-15-10-12(16)8-9-13(15)17-2;1-22-12-6-5-10(15(19,20)21)8-13(12)23-11-4-2-3-9(7-11)14(16,17)18;1-18(2)12-5-3-10(16)8-14(12)19-13-6-4-9(15)7-11(13)17;1-16-11-7-6-9(14)8-13(11)17-12-5-3-2-4-10(12)15;1-15-12-8-7-10(14)9-13(12)16-11-5-3-2-4-6-11/h4-9H,3,10H2,1-2H3;4-10,17H,3H2,1-2H3;2-8,22H,1H3;3-8H,1-2H3;2-8,16H,1H3;2-9,15H,1H3. The second-order valence-electron chi connectivity index (χ2n) is 24.1. The number of hydrogen-bond acceptors (Lipinski definition) is 13. The molecule has 4 N–H and O–H groups in total. The van der Waals surface area contributed by atoms with Crippen LogP contribution in [0.1, 0.15) is 30.5 Å². The van der Waals surface area contributed by atoms with Gasteiger partial charge in [-0.15, -0.1) is 0 Å². The van der Waals surface area contributed by atoms with Crippen molar-refractivity contribution in [3.05, 3.63) is 316 Å². The van der Waals surface area contributed by atoms with Crippen LogP contribution in [-0.4, -0.2) is 62.7 Å². The van der Waals surface area contributed by atoms with E-state index in [2.05, 4.69) is 46.4 Å². The van der Waals surface area contributed by atoms with Crippen molar-refractivity contribution in [2.24, 2.45) is 0 Å². The van der Waals surface area contributed by atoms with E-state index in [0.717, 1.165) is 97.6 Å². The van der Waals surface area contributed by atoms with E-state index in [1.165, 1.54) is 41.4 Å². The minimum absolute atomic E-state index is 0.212. The Morgan fingerprint density at radius 3 is 1.30 bits per heavy atom. The number of anilines is 6. The van der Waals surface area contributed by atoms with E-state index in [0.29, 0.717) is 81.4 Å². The molecule has 12 rings (SSSR count). The van der Waals surface area contributed by atoms with Crippen LogP contribution in [0.15, 0.2) is 268 Å². The highest BCUT2D eigenvalue weighted by Crippen LogP contribution is 2.44. The molecule has 11 nitrogen and oxygen atoms in total. The fraction of sp³-hybridized carbons (Fsp3) is 0.163. The number of nitrogens with one attached hydrogen (secondary N) is 4. The minimum Gasteiger partial charge on any atom is -0.455 e. The third kappa shape index (κ3) is 30.1. The van der Waals surface area contributed by atoms with E-state index in [-0.39, 0.29) is 23.0 Å². The quantitative estimate of drug-likeness (QED) is 0.0383. The molecule has 0 unspecified atom stereocenters. The predicted molar refractivity (Wildman–Crippen MR) is 468 cm³/mol. The molecular weight excluding hydrogens is 1710 g/mol. The molecule has 29 heteroatoms. The fourth-order valence-electron chi connectivity index (χ4n) is 9.96. The molecule has 0 bridgehead atoms. The Morgan fingerprint density at radius 2 is 0.783 bits per heavy atom. The summed E-state index contributed by atoms with van der Waals surface area (Å²) in [5.74, 6) is 3.25. The van der Waals surface area contributed by atoms with Gasteiger partial charge in [-0.2, -0.15) is 26.3 Å². The van der Waals surface area contributed by atoms with Gasteiger partial charge in [0, 0.05) is 140 Å². The van der Waals surface area contributed by atoms with E-state index in [1.807, 2.05) is 168 Å². The smallest absolute Gasteiger partial charge is 0.416 e. The fourth-order valence-corrected chi connectivity index (χ4v) is 13.8. The Labute approximate surface area is 719 Å². The lowest BCUT2D eigenvalue weighted by Crippen LogP contribution is -2.21. The van der Waals surface area contributed by atoms with Crippen molar-refractivity contribution in [3.8, 4) is 46.0 Å². The van der Waals surface area contributed by atoms with Crippen LogP contribution in [0, 0.1) is 5.82 Å². The summed E-state index contributed by atoms with van der Waals surface area (Å²) in [4.78, 5) is 7.72. The minimum atomic E-state index is -4.59. The number of halogens is 16. The average molecular weight is 1790 g/mol. The topological polar surface area (TPSA) is 101 Å². The monoisotopic (exact) mass is 1790 g/mol. The molecule has 0 fully saturated rings. The van der Waals surface area contributed by atoms with Gasteiger partial charge in [0.05, 0.1) is 43.9 Å². The van der Waals surface area contributed by atoms with Crippen molar-refractivity contribution in [2.75, 3.05) is 93.7 Å². The van der Waals surface area contributed by atoms with Crippen LogP contribution < -0.4 is 50.0 Å². The molecule has 115 heavy (non-hydrogen) atoms. The number of benzene rings is 12. The first-order chi connectivity index (χ1) is 54.8. The normalized spacial score (nSPS) is 10.7. The summed E-state index contributed by atoms with van der Waals surface area (Å²) < 4.78 is 118. The molecule has 0 saturated heterocycles. The second kappa shape index (κ2) is 46.4. The first-order valence-electron chi connectivity index (χ1n) is 34.7. The molecule has 0 saturated carbocycles. The molecule has 0 aliphatic heterocycles. The van der Waals surface area contributed by atoms with Crippen molar-refractivity contribution >= 4 is 162 Å². The zero-order valence-corrected chi connectivity index (χ0v) is 71.5. The Hall–Kier alpha value is -8.58. The van der Waals surface area contributed by atoms with E-state index in [9.17, 15) is 30.7 Å². The van der Waals surface area contributed by atoms with E-state index in [4.69, 9.17) is 128 Å². The van der Waals surface area contributed by atoms with Crippen LogP contribution in [0.25, 0.3) is 0 Å². The van der Waals surface area contributed by atoms with Gasteiger partial charge in [-0.05, 0) is 195 Å². The second-order valence-corrected chi connectivity index (χ2v) is 30.1. The molecule has 0 aliphatic carbocycles. The molecule has 0 aromatic heterocycles. The lowest BCUT2D eigenvalue weighted by Gasteiger charge is -2.22. The van der Waals surface area contributed by atoms with Crippen LogP contribution in [-0.2, 0) is 23.5 Å². The summed E-state index contributed by atoms with van der Waals surface area (Å²) in [6.45, 7) is 5.14. The Kier molecular flexibility index (Phi) is 37.7. The molecule has 0 atom stereocenters. The maximum Gasteiger partial charge on any atom is 0.416 e. The van der Waals surface area contributed by atoms with Gasteiger partial charge in [0.1, 0.15) is 35.5 Å². The summed E-state index contributed by atoms with van der Waals surface area (Å²) in [6, 6.07) is 69.6. The number of nitrogens with zero attached hydrogens (tertiary/aromatic N) is 2. The highest BCUT2D eigenvalue weighted by molar-refractivity contribution is 7.99. The predicted octanol–water partition coefficient (Wildman–Crippen LogP) is 30.9. The lowest BCUT2D eigenvalue weighted by atomic mass is 10.1. The van der Waals surface area contributed by atoms with Gasteiger partial charge in [0.15, 0.2) is 23.0 Å². The number of aryl methyl sites for hydroxylation is 1. The third-order valence-electron chi connectivity index (χ3n) is 15.7. The van der Waals surface area contributed by atoms with Gasteiger partial charge in [-0.1, -0.05) is 189 Å². The molecular formula is C86H78Cl9F7N6O5S2. The average Bonchev–Trinajstić information content (AvgIpc) is 0.829. The SMILES string of the molecule is CCOCN(C)c1ccc(Cl)cc1Oc1ccc(Cl)cc1Cl.CCc1ccccc1Oc1cc(Cl)ccc1NC.CN(C)c1ccc(Cl)cc1Oc1ccc(Cl)cc1Cl.CNc1ccc(C(F)(F)F)cc1Oc1cccc(C(F)(F)F)c1.CNc1ccc(Cl)cc1Sc1ccccc1.CNc1ccc(Cl)cc1Sc1ccccc1F. The zero-order valence-electron chi connectivity index (χ0n) is 63.1. The Balaban J connectivity index is 0.000000192. The van der Waals surface area contributed by atoms with Crippen molar-refractivity contribution < 1.29 is 54.4 Å². The zero-order chi connectivity index (χ0) is 83.9. The molecule has 0 heterocycles. The summed E-state index contributed by atoms with van der Waals surface area (Å²) in [5.41, 5.74) is 4.20. The first kappa shape index (κ1) is 93.6. The van der Waals surface area contributed by atoms with Gasteiger partial charge in [0.2, 0.25) is 0 Å². The van der Waals surface area contributed by atoms with Crippen LogP contribution in [0.5, 0.6) is 46.0 Å². The lowest BCUT2D eigenvalue weighted by molar-refractivity contribution is -0.138. The molecule has 12 aromatic rings. The summed E-state index contributed by atoms with van der Waals surface area (Å²) in [7, 11) is 12.8. The molecule has 0 amide bonds. The first-order valence-corrected chi connectivity index (χ1v) is 39.7. The van der Waals surface area contributed by atoms with Crippen molar-refractivity contribution in [2.45, 2.75) is 52.2 Å². The van der Waals surface area contributed by atoms with Crippen molar-refractivity contribution in [3.63, 3.8) is 0 Å². The Morgan fingerprint density at radius 1 is 0.357 bits per heavy atom. The molecule has 0 aliphatic rings. The van der Waals surface area contributed by atoms with Crippen LogP contribution >= 0.6 is 128 Å². The maximum absolute atomic E-state index is 13.5. The molecule has 606 valence electrons. The highest BCUT2D eigenvalue weighted by atomic mass is 35.5. The Bertz CT molecular complexity index is 5130. The summed E-state index contributed by atoms with van der Waals surface area (Å²) in [5, 5.41) is 17.2. The molecule has 12 aromatic carbocycles. The van der Waals surface area contributed by atoms with Gasteiger partial charge in [-0.25, -0.2) is 4.39 Å². The largest absolute Gasteiger partial charge is 0.455 e. The number of ether oxygens (including phenoxy) is 5. The van der Waals surface area contributed by atoms with Crippen molar-refractivity contribution in [1.29, 1.82) is 0 Å². The highest BCUT2D eigenvalue weighted by Gasteiger charge is 2.33. The van der Waals surface area contributed by atoms with Gasteiger partial charge >= 0.3 is 12.4 Å². The van der Waals surface area contributed by atoms with E-state index >= 15 is 0 Å². The van der Waals surface area contributed by atoms with Crippen LogP contribution in [0.3, 0.4) is 0 Å². The maximum atomic E-state index is 13.5. The van der Waals surface area contributed by atoms with Gasteiger partial charge in [0.25, 0.3) is 0 Å². The number of rotatable bonds is 22. The van der Waals surface area contributed by atoms with Crippen LogP contribution in [0.2, 0.25) is 45.2 Å². The van der Waals surface area contributed by atoms with E-state index < -0.39 is 23.5 Å². The van der Waals surface area contributed by atoms with Crippen LogP contribution in [0.4, 0.5) is 64.9 Å². The van der Waals surface area contributed by atoms with Gasteiger partial charge < -0.3 is 54.8 Å². The van der Waals surface area contributed by atoms with E-state index in [1.54, 1.807) is 84.6 Å². The summed E-state index contributed by atoms with van der Waals surface area (Å²) >= 11 is 57.1. The molecule has 0 radical (unpaired) electrons. The third-order valence-corrected chi connectivity index (χ3v) is 20.1. The van der Waals surface area contributed by atoms with Gasteiger partial charge in [-0.3, -0.25) is 0 Å². The molecule has 0 spiro atoms. The number of alkyl halides is 6. The number of para-hydroxylation sites is 1. The summed E-state index contributed by atoms with van der Waals surface area (Å²) in [6.07, 6.45) is -8.22. The van der Waals surface area contributed by atoms with Crippen molar-refractivity contribution in [1.82, 2.24) is 0 Å². The number of hydrogen-bond donors (Lipinski definition) is 4.